The van der Waals surface area contributed by atoms with Crippen molar-refractivity contribution >= 4 is 107 Å². The second-order valence-electron chi connectivity index (χ2n) is 31.1. The average molecular weight is 1620 g/mol. The molecule has 24 rings (SSSR count). The molecule has 0 fully saturated rings. The lowest BCUT2D eigenvalue weighted by Gasteiger charge is -2.16. The largest absolute Gasteiger partial charge is 0.309 e. The second-order valence-corrected chi connectivity index (χ2v) is 33.3. The summed E-state index contributed by atoms with van der Waals surface area (Å²) in [5.74, 6) is 3.77. The van der Waals surface area contributed by atoms with Crippen molar-refractivity contribution in [3.63, 3.8) is 0 Å². The van der Waals surface area contributed by atoms with Gasteiger partial charge in [-0.1, -0.05) is 346 Å². The van der Waals surface area contributed by atoms with Crippen molar-refractivity contribution in [2.75, 3.05) is 0 Å². The number of benzene rings is 18. The predicted octanol–water partition coefficient (Wildman–Crippen LogP) is 30.7. The fourth-order valence-electron chi connectivity index (χ4n) is 18.0. The summed E-state index contributed by atoms with van der Waals surface area (Å²) in [7, 11) is 0. The molecule has 0 aliphatic carbocycles. The van der Waals surface area contributed by atoms with Crippen molar-refractivity contribution in [1.29, 1.82) is 0 Å². The Balaban J connectivity index is 0.000000143. The Labute approximate surface area is 723 Å². The van der Waals surface area contributed by atoms with Crippen LogP contribution in [0.1, 0.15) is 0 Å². The minimum atomic E-state index is 0.622. The maximum atomic E-state index is 5.32. The van der Waals surface area contributed by atoms with Crippen LogP contribution in [0.2, 0.25) is 0 Å². The van der Waals surface area contributed by atoms with Gasteiger partial charge in [-0.05, 0) is 158 Å². The van der Waals surface area contributed by atoms with Gasteiger partial charge < -0.3 is 9.13 Å². The summed E-state index contributed by atoms with van der Waals surface area (Å²) in [5, 5.41) is 9.91. The van der Waals surface area contributed by atoms with E-state index in [4.69, 9.17) is 29.9 Å². The van der Waals surface area contributed by atoms with Crippen molar-refractivity contribution < 1.29 is 0 Å². The molecule has 0 aliphatic rings. The summed E-state index contributed by atoms with van der Waals surface area (Å²) < 4.78 is 9.78. The minimum absolute atomic E-state index is 0.622. The maximum absolute atomic E-state index is 5.32. The average Bonchev–Trinajstić information content (AvgIpc) is 1.57. The van der Waals surface area contributed by atoms with Crippen LogP contribution < -0.4 is 0 Å². The van der Waals surface area contributed by atoms with Gasteiger partial charge in [0.25, 0.3) is 0 Å². The first-order valence-electron chi connectivity index (χ1n) is 41.7. The molecule has 0 bridgehead atoms. The van der Waals surface area contributed by atoms with E-state index in [0.29, 0.717) is 34.9 Å². The number of thiophene rings is 2. The number of fused-ring (bicyclic) bond motifs is 12. The van der Waals surface area contributed by atoms with Crippen LogP contribution in [0.5, 0.6) is 0 Å². The minimum Gasteiger partial charge on any atom is -0.309 e. The Morgan fingerprint density at radius 1 is 0.153 bits per heavy atom. The van der Waals surface area contributed by atoms with E-state index >= 15 is 0 Å². The van der Waals surface area contributed by atoms with E-state index in [2.05, 4.69) is 373 Å². The molecule has 124 heavy (non-hydrogen) atoms. The summed E-state index contributed by atoms with van der Waals surface area (Å²) in [5.41, 5.74) is 26.2. The summed E-state index contributed by atoms with van der Waals surface area (Å²) in [6.45, 7) is 0. The van der Waals surface area contributed by atoms with Crippen LogP contribution in [0, 0.1) is 0 Å². The third-order valence-electron chi connectivity index (χ3n) is 23.7. The lowest BCUT2D eigenvalue weighted by Crippen LogP contribution is -2.01. The van der Waals surface area contributed by atoms with Crippen molar-refractivity contribution in [3.05, 3.63) is 437 Å². The number of aromatic nitrogens is 8. The van der Waals surface area contributed by atoms with Gasteiger partial charge in [0.05, 0.1) is 22.1 Å². The molecular weight excluding hydrogens is 1550 g/mol. The van der Waals surface area contributed by atoms with Gasteiger partial charge in [0.1, 0.15) is 0 Å². The molecule has 0 saturated heterocycles. The quantitative estimate of drug-likeness (QED) is 0.108. The molecule has 0 amide bonds. The van der Waals surface area contributed by atoms with Crippen LogP contribution in [0.4, 0.5) is 0 Å². The molecule has 0 aliphatic heterocycles. The third-order valence-corrected chi connectivity index (χ3v) is 26.0. The monoisotopic (exact) mass is 1620 g/mol. The molecule has 6 aromatic heterocycles. The van der Waals surface area contributed by atoms with E-state index in [1.54, 1.807) is 0 Å². The SMILES string of the molecule is c1ccc(-c2nc(-c3ccccc3)nc(-c3cc(-c4ccccc4-c4ccccc4)ccc3-c3ccc4sc5cc6c(cc5c4c3)c3ccccc3n6-c3ccccc3)n2)cc1.c1ccc(-c2nc(-c3ccccc3)nc(-c3cc(-c4ccccc4-c4ccccc4)ccc3-c3cccc4sc5cc6c(cc5c34)c3ccccc3n6-c3ccccc3)n2)cc1. The van der Waals surface area contributed by atoms with Gasteiger partial charge >= 0.3 is 0 Å². The maximum Gasteiger partial charge on any atom is 0.164 e. The van der Waals surface area contributed by atoms with Crippen molar-refractivity contribution in [1.82, 2.24) is 39.0 Å². The molecule has 0 radical (unpaired) electrons. The topological polar surface area (TPSA) is 87.2 Å². The predicted molar refractivity (Wildman–Crippen MR) is 519 cm³/mol. The van der Waals surface area contributed by atoms with Crippen molar-refractivity contribution in [2.24, 2.45) is 0 Å². The first-order chi connectivity index (χ1) is 61.5. The highest BCUT2D eigenvalue weighted by Gasteiger charge is 2.26. The molecule has 0 N–H and O–H groups in total. The summed E-state index contributed by atoms with van der Waals surface area (Å²) in [6.07, 6.45) is 0. The number of rotatable bonds is 14. The molecule has 8 nitrogen and oxygen atoms in total. The first-order valence-corrected chi connectivity index (χ1v) is 43.3. The molecule has 0 unspecified atom stereocenters. The number of para-hydroxylation sites is 4. The zero-order valence-electron chi connectivity index (χ0n) is 67.0. The highest BCUT2D eigenvalue weighted by Crippen LogP contribution is 2.50. The van der Waals surface area contributed by atoms with Gasteiger partial charge in [-0.3, -0.25) is 0 Å². The normalized spacial score (nSPS) is 11.5. The Hall–Kier alpha value is -16.0. The van der Waals surface area contributed by atoms with Gasteiger partial charge in [-0.25, -0.2) is 29.9 Å². The Kier molecular flexibility index (Phi) is 18.5. The number of hydrogen-bond acceptors (Lipinski definition) is 8. The Morgan fingerprint density at radius 3 is 0.919 bits per heavy atom. The smallest absolute Gasteiger partial charge is 0.164 e. The molecule has 10 heteroatoms. The van der Waals surface area contributed by atoms with Crippen molar-refractivity contribution in [3.8, 4) is 146 Å². The zero-order chi connectivity index (χ0) is 82.0. The zero-order valence-corrected chi connectivity index (χ0v) is 68.6. The molecule has 580 valence electrons. The van der Waals surface area contributed by atoms with Crippen LogP contribution in [0.15, 0.2) is 437 Å². The van der Waals surface area contributed by atoms with Gasteiger partial charge in [0.15, 0.2) is 34.9 Å². The summed E-state index contributed by atoms with van der Waals surface area (Å²) >= 11 is 3.69. The summed E-state index contributed by atoms with van der Waals surface area (Å²) in [4.78, 5) is 31.3. The van der Waals surface area contributed by atoms with Crippen LogP contribution in [-0.2, 0) is 0 Å². The Morgan fingerprint density at radius 2 is 0.468 bits per heavy atom. The molecule has 18 aromatic carbocycles. The highest BCUT2D eigenvalue weighted by molar-refractivity contribution is 7.26. The number of hydrogen-bond donors (Lipinski definition) is 0. The van der Waals surface area contributed by atoms with Crippen molar-refractivity contribution in [2.45, 2.75) is 0 Å². The van der Waals surface area contributed by atoms with Crippen LogP contribution in [0.25, 0.3) is 230 Å². The molecule has 0 saturated carbocycles. The van der Waals surface area contributed by atoms with Crippen LogP contribution >= 0.6 is 22.7 Å². The third kappa shape index (κ3) is 13.3. The standard InChI is InChI=1S/2C57H36N4S/c1-5-18-37(19-6-1)42-26-13-14-27-43(42)40-32-33-44(48(34-40)57-59-55(38-20-7-2-8-21-38)58-56(60-57)39-22-9-3-10-23-39)46-29-17-31-52-54(46)49-35-47-45-28-15-16-30-50(45)61(41-24-11-4-12-25-41)51(47)36-53(49)62-52;1-5-17-37(18-6-1)43-25-13-14-26-44(43)40-29-31-45(50(34-40)57-59-55(38-19-7-2-8-20-38)58-56(60-57)39-21-9-3-10-22-39)41-30-32-53-48(33-41)49-35-47-46-27-15-16-28-51(46)61(42-23-11-4-12-24-42)52(47)36-54(49)62-53/h2*1-36H. The van der Waals surface area contributed by atoms with Gasteiger partial charge in [0, 0.05) is 107 Å². The second kappa shape index (κ2) is 31.3. The van der Waals surface area contributed by atoms with E-state index < -0.39 is 0 Å². The first kappa shape index (κ1) is 73.2. The molecule has 6 heterocycles. The lowest BCUT2D eigenvalue weighted by atomic mass is 9.89. The lowest BCUT2D eigenvalue weighted by molar-refractivity contribution is 1.07. The molecule has 0 atom stereocenters. The van der Waals surface area contributed by atoms with E-state index in [-0.39, 0.29) is 0 Å². The highest BCUT2D eigenvalue weighted by atomic mass is 32.1. The fraction of sp³-hybridized carbons (Fsp3) is 0. The van der Waals surface area contributed by atoms with Crippen LogP contribution in [-0.4, -0.2) is 39.0 Å². The van der Waals surface area contributed by atoms with E-state index in [0.717, 1.165) is 89.3 Å². The summed E-state index contributed by atoms with van der Waals surface area (Å²) in [6, 6.07) is 155. The van der Waals surface area contributed by atoms with E-state index in [1.165, 1.54) is 106 Å². The number of nitrogens with zero attached hydrogens (tertiary/aromatic N) is 8. The van der Waals surface area contributed by atoms with E-state index in [9.17, 15) is 0 Å². The van der Waals surface area contributed by atoms with Gasteiger partial charge in [0.2, 0.25) is 0 Å². The van der Waals surface area contributed by atoms with E-state index in [1.807, 2.05) is 95.5 Å². The fourth-order valence-corrected chi connectivity index (χ4v) is 20.2. The molecule has 24 aromatic rings. The Bertz CT molecular complexity index is 8080. The van der Waals surface area contributed by atoms with Crippen LogP contribution in [0.3, 0.4) is 0 Å². The molecule has 0 spiro atoms. The van der Waals surface area contributed by atoms with Gasteiger partial charge in [-0.2, -0.15) is 0 Å². The molecular formula is C114H72N8S2. The van der Waals surface area contributed by atoms with Gasteiger partial charge in [-0.15, -0.1) is 22.7 Å².